The van der Waals surface area contributed by atoms with E-state index in [1.807, 2.05) is 30.2 Å². The summed E-state index contributed by atoms with van der Waals surface area (Å²) < 4.78 is 0. The zero-order valence-electron chi connectivity index (χ0n) is 18.4. The minimum absolute atomic E-state index is 0.0284. The first-order chi connectivity index (χ1) is 13.7. The highest BCUT2D eigenvalue weighted by Crippen LogP contribution is 2.26. The van der Waals surface area contributed by atoms with Crippen LogP contribution >= 0.6 is 11.3 Å². The van der Waals surface area contributed by atoms with E-state index in [4.69, 9.17) is 0 Å². The molecule has 1 aromatic rings. The molecule has 0 bridgehead atoms. The number of carbonyl (C=O) groups is 3. The van der Waals surface area contributed by atoms with E-state index in [-0.39, 0.29) is 29.1 Å². The summed E-state index contributed by atoms with van der Waals surface area (Å²) in [5.74, 6) is -0.0213. The number of rotatable bonds is 7. The summed E-state index contributed by atoms with van der Waals surface area (Å²) in [5, 5.41) is 4.85. The summed E-state index contributed by atoms with van der Waals surface area (Å²) in [6.45, 7) is 12.6. The van der Waals surface area contributed by atoms with Crippen LogP contribution in [-0.2, 0) is 9.59 Å². The average Bonchev–Trinajstić information content (AvgIpc) is 3.20. The molecule has 1 unspecified atom stereocenters. The van der Waals surface area contributed by atoms with Crippen molar-refractivity contribution >= 4 is 29.1 Å². The molecule has 2 heterocycles. The molecule has 29 heavy (non-hydrogen) atoms. The van der Waals surface area contributed by atoms with Crippen LogP contribution in [0.2, 0.25) is 0 Å². The third-order valence-electron chi connectivity index (χ3n) is 5.42. The fourth-order valence-electron chi connectivity index (χ4n) is 3.78. The van der Waals surface area contributed by atoms with Gasteiger partial charge in [-0.05, 0) is 49.5 Å². The van der Waals surface area contributed by atoms with Crippen LogP contribution in [-0.4, -0.2) is 59.7 Å². The third kappa shape index (κ3) is 6.56. The molecule has 0 aliphatic carbocycles. The molecule has 1 N–H and O–H groups in total. The van der Waals surface area contributed by atoms with Gasteiger partial charge < -0.3 is 15.1 Å². The van der Waals surface area contributed by atoms with E-state index in [1.54, 1.807) is 11.0 Å². The molecule has 0 radical (unpaired) electrons. The maximum atomic E-state index is 13.1. The summed E-state index contributed by atoms with van der Waals surface area (Å²) >= 11 is 1.37. The number of nitrogens with one attached hydrogen (secondary N) is 1. The number of carbonyl (C=O) groups excluding carboxylic acids is 3. The minimum Gasteiger partial charge on any atom is -0.343 e. The van der Waals surface area contributed by atoms with Crippen LogP contribution in [0.4, 0.5) is 0 Å². The van der Waals surface area contributed by atoms with Gasteiger partial charge in [0.05, 0.1) is 4.88 Å². The molecule has 0 aromatic carbocycles. The Morgan fingerprint density at radius 1 is 1.21 bits per heavy atom. The smallest absolute Gasteiger partial charge is 0.262 e. The number of hydrogen-bond donors (Lipinski definition) is 1. The van der Waals surface area contributed by atoms with Crippen LogP contribution in [0.1, 0.15) is 63.6 Å². The lowest BCUT2D eigenvalue weighted by Gasteiger charge is -2.38. The Balaban J connectivity index is 2.08. The summed E-state index contributed by atoms with van der Waals surface area (Å²) in [4.78, 5) is 42.6. The van der Waals surface area contributed by atoms with Gasteiger partial charge >= 0.3 is 0 Å². The fraction of sp³-hybridized carbons (Fsp3) is 0.682. The Hall–Kier alpha value is -1.89. The van der Waals surface area contributed by atoms with Gasteiger partial charge in [0.15, 0.2) is 0 Å². The van der Waals surface area contributed by atoms with Crippen LogP contribution in [0.15, 0.2) is 17.5 Å². The molecular formula is C22H35N3O3S. The van der Waals surface area contributed by atoms with Crippen molar-refractivity contribution in [2.24, 2.45) is 11.3 Å². The molecule has 1 aliphatic rings. The number of piperidine rings is 1. The SMILES string of the molecule is CCN(CC)C(=O)C(NC(=O)c1cccs1)C1CCN(C(=O)CC(C)(C)C)CC1. The van der Waals surface area contributed by atoms with Crippen molar-refractivity contribution < 1.29 is 14.4 Å². The normalized spacial score (nSPS) is 16.4. The van der Waals surface area contributed by atoms with E-state index in [9.17, 15) is 14.4 Å². The largest absolute Gasteiger partial charge is 0.343 e. The monoisotopic (exact) mass is 421 g/mol. The maximum Gasteiger partial charge on any atom is 0.262 e. The van der Waals surface area contributed by atoms with Gasteiger partial charge in [0, 0.05) is 32.6 Å². The molecule has 1 fully saturated rings. The molecule has 7 heteroatoms. The second-order valence-corrected chi connectivity index (χ2v) is 9.84. The van der Waals surface area contributed by atoms with E-state index >= 15 is 0 Å². The van der Waals surface area contributed by atoms with Crippen molar-refractivity contribution in [2.45, 2.75) is 59.9 Å². The van der Waals surface area contributed by atoms with Gasteiger partial charge in [-0.15, -0.1) is 11.3 Å². The molecule has 162 valence electrons. The van der Waals surface area contributed by atoms with Gasteiger partial charge in [0.2, 0.25) is 11.8 Å². The molecule has 0 spiro atoms. The first kappa shape index (κ1) is 23.4. The molecule has 1 atom stereocenters. The quantitative estimate of drug-likeness (QED) is 0.734. The van der Waals surface area contributed by atoms with E-state index in [0.717, 1.165) is 12.8 Å². The number of thiophene rings is 1. The molecule has 1 aromatic heterocycles. The Kier molecular flexibility index (Phi) is 8.25. The van der Waals surface area contributed by atoms with Crippen LogP contribution < -0.4 is 5.32 Å². The van der Waals surface area contributed by atoms with Crippen molar-refractivity contribution in [3.63, 3.8) is 0 Å². The molecule has 3 amide bonds. The van der Waals surface area contributed by atoms with Gasteiger partial charge in [0.25, 0.3) is 5.91 Å². The molecule has 2 rings (SSSR count). The summed E-state index contributed by atoms with van der Waals surface area (Å²) in [5.41, 5.74) is -0.0378. The van der Waals surface area contributed by atoms with Crippen molar-refractivity contribution in [3.8, 4) is 0 Å². The minimum atomic E-state index is -0.552. The second kappa shape index (κ2) is 10.2. The Morgan fingerprint density at radius 3 is 2.31 bits per heavy atom. The average molecular weight is 422 g/mol. The van der Waals surface area contributed by atoms with E-state index in [0.29, 0.717) is 37.5 Å². The summed E-state index contributed by atoms with van der Waals surface area (Å²) in [6.07, 6.45) is 1.96. The Morgan fingerprint density at radius 2 is 1.83 bits per heavy atom. The van der Waals surface area contributed by atoms with Gasteiger partial charge in [0.1, 0.15) is 6.04 Å². The zero-order chi connectivity index (χ0) is 21.6. The highest BCUT2D eigenvalue weighted by Gasteiger charge is 2.36. The first-order valence-electron chi connectivity index (χ1n) is 10.6. The lowest BCUT2D eigenvalue weighted by molar-refractivity contribution is -0.136. The van der Waals surface area contributed by atoms with E-state index in [2.05, 4.69) is 26.1 Å². The predicted molar refractivity (Wildman–Crippen MR) is 117 cm³/mol. The van der Waals surface area contributed by atoms with Gasteiger partial charge in [-0.2, -0.15) is 0 Å². The van der Waals surface area contributed by atoms with Crippen molar-refractivity contribution in [1.29, 1.82) is 0 Å². The highest BCUT2D eigenvalue weighted by molar-refractivity contribution is 7.12. The standard InChI is InChI=1S/C22H35N3O3S/c1-6-24(7-2)21(28)19(23-20(27)17-9-8-14-29-17)16-10-12-25(13-11-16)18(26)15-22(3,4)5/h8-9,14,16,19H,6-7,10-13,15H2,1-5H3,(H,23,27). The van der Waals surface area contributed by atoms with E-state index in [1.165, 1.54) is 11.3 Å². The number of hydrogen-bond acceptors (Lipinski definition) is 4. The van der Waals surface area contributed by atoms with Gasteiger partial charge in [-0.3, -0.25) is 14.4 Å². The Labute approximate surface area is 178 Å². The van der Waals surface area contributed by atoms with E-state index < -0.39 is 6.04 Å². The molecule has 0 saturated carbocycles. The van der Waals surface area contributed by atoms with Crippen molar-refractivity contribution in [3.05, 3.63) is 22.4 Å². The van der Waals surface area contributed by atoms with Crippen LogP contribution in [0, 0.1) is 11.3 Å². The fourth-order valence-corrected chi connectivity index (χ4v) is 4.41. The van der Waals surface area contributed by atoms with Gasteiger partial charge in [-0.1, -0.05) is 26.8 Å². The van der Waals surface area contributed by atoms with Crippen molar-refractivity contribution in [1.82, 2.24) is 15.1 Å². The zero-order valence-corrected chi connectivity index (χ0v) is 19.2. The molecule has 1 aliphatic heterocycles. The molecular weight excluding hydrogens is 386 g/mol. The van der Waals surface area contributed by atoms with Crippen molar-refractivity contribution in [2.75, 3.05) is 26.2 Å². The van der Waals surface area contributed by atoms with Gasteiger partial charge in [-0.25, -0.2) is 0 Å². The number of likely N-dealkylation sites (N-methyl/N-ethyl adjacent to an activating group) is 1. The summed E-state index contributed by atoms with van der Waals surface area (Å²) in [7, 11) is 0. The second-order valence-electron chi connectivity index (χ2n) is 8.89. The highest BCUT2D eigenvalue weighted by atomic mass is 32.1. The number of likely N-dealkylation sites (tertiary alicyclic amines) is 1. The predicted octanol–water partition coefficient (Wildman–Crippen LogP) is 3.39. The lowest BCUT2D eigenvalue weighted by Crippen LogP contribution is -2.54. The topological polar surface area (TPSA) is 69.7 Å². The molecule has 6 nitrogen and oxygen atoms in total. The maximum absolute atomic E-state index is 13.1. The number of nitrogens with zero attached hydrogens (tertiary/aromatic N) is 2. The van der Waals surface area contributed by atoms with Crippen LogP contribution in [0.3, 0.4) is 0 Å². The Bertz CT molecular complexity index is 685. The third-order valence-corrected chi connectivity index (χ3v) is 6.29. The van der Waals surface area contributed by atoms with Crippen LogP contribution in [0.5, 0.6) is 0 Å². The van der Waals surface area contributed by atoms with Crippen LogP contribution in [0.25, 0.3) is 0 Å². The lowest BCUT2D eigenvalue weighted by atomic mass is 9.87. The molecule has 1 saturated heterocycles. The summed E-state index contributed by atoms with van der Waals surface area (Å²) in [6, 6.07) is 3.05. The number of amides is 3. The first-order valence-corrected chi connectivity index (χ1v) is 11.4.